The van der Waals surface area contributed by atoms with E-state index in [0.717, 1.165) is 25.9 Å². The van der Waals surface area contributed by atoms with Crippen molar-refractivity contribution in [2.75, 3.05) is 40.2 Å². The highest BCUT2D eigenvalue weighted by Gasteiger charge is 2.26. The summed E-state index contributed by atoms with van der Waals surface area (Å²) in [5, 5.41) is 0. The molecule has 0 aliphatic carbocycles. The van der Waals surface area contributed by atoms with Crippen LogP contribution in [0.5, 0.6) is 0 Å². The van der Waals surface area contributed by atoms with Crippen molar-refractivity contribution in [2.24, 2.45) is 5.92 Å². The van der Waals surface area contributed by atoms with E-state index in [1.165, 1.54) is 4.90 Å². The Morgan fingerprint density at radius 1 is 1.27 bits per heavy atom. The summed E-state index contributed by atoms with van der Waals surface area (Å²) in [6.45, 7) is -2.07. The second kappa shape index (κ2) is 5.21. The third kappa shape index (κ3) is 5.42. The minimum absolute atomic E-state index is 0.435. The smallest absolute Gasteiger partial charge is 0.448 e. The van der Waals surface area contributed by atoms with Crippen molar-refractivity contribution in [1.29, 1.82) is 0 Å². The third-order valence-corrected chi connectivity index (χ3v) is 2.93. The summed E-state index contributed by atoms with van der Waals surface area (Å²) in [6, 6.07) is 0. The molecule has 0 aromatic carbocycles. The zero-order valence-electron chi connectivity index (χ0n) is 9.43. The molecule has 2 nitrogen and oxygen atoms in total. The average Bonchev–Trinajstić information content (AvgIpc) is 2.05. The Hall–Kier alpha value is -0.225. The number of piperidine rings is 1. The summed E-state index contributed by atoms with van der Waals surface area (Å²) < 4.78 is 36.4. The van der Waals surface area contributed by atoms with Crippen LogP contribution in [-0.4, -0.2) is 57.0 Å². The SMILES string of the molecule is CN1CCC(CN(C)C[B-](F)(F)F)CC1. The van der Waals surface area contributed by atoms with Gasteiger partial charge in [0.25, 0.3) is 0 Å². The second-order valence-corrected chi connectivity index (χ2v) is 4.68. The zero-order chi connectivity index (χ0) is 11.5. The van der Waals surface area contributed by atoms with E-state index in [-0.39, 0.29) is 0 Å². The molecule has 0 N–H and O–H groups in total. The van der Waals surface area contributed by atoms with Crippen molar-refractivity contribution >= 4 is 6.98 Å². The van der Waals surface area contributed by atoms with Crippen LogP contribution in [-0.2, 0) is 0 Å². The van der Waals surface area contributed by atoms with Crippen molar-refractivity contribution in [3.05, 3.63) is 0 Å². The van der Waals surface area contributed by atoms with Gasteiger partial charge in [0.2, 0.25) is 0 Å². The molecule has 0 amide bonds. The highest BCUT2D eigenvalue weighted by atomic mass is 19.4. The first-order valence-corrected chi connectivity index (χ1v) is 5.45. The molecule has 0 aromatic heterocycles. The molecule has 0 saturated carbocycles. The van der Waals surface area contributed by atoms with Crippen molar-refractivity contribution in [3.63, 3.8) is 0 Å². The number of likely N-dealkylation sites (tertiary alicyclic amines) is 1. The summed E-state index contributed by atoms with van der Waals surface area (Å²) >= 11 is 0. The molecular formula is C9H19BF3N2-. The molecule has 1 aliphatic heterocycles. The maximum Gasteiger partial charge on any atom is 0.492 e. The maximum atomic E-state index is 12.1. The molecule has 0 spiro atoms. The largest absolute Gasteiger partial charge is 0.492 e. The lowest BCUT2D eigenvalue weighted by molar-refractivity contribution is 0.179. The normalized spacial score (nSPS) is 21.2. The fourth-order valence-corrected chi connectivity index (χ4v) is 2.11. The fraction of sp³-hybridized carbons (Fsp3) is 1.00. The molecule has 90 valence electrons. The highest BCUT2D eigenvalue weighted by Crippen LogP contribution is 2.18. The molecule has 0 bridgehead atoms. The summed E-state index contributed by atoms with van der Waals surface area (Å²) in [6.07, 6.45) is 1.31. The highest BCUT2D eigenvalue weighted by molar-refractivity contribution is 6.58. The van der Waals surface area contributed by atoms with Crippen molar-refractivity contribution in [1.82, 2.24) is 9.80 Å². The predicted octanol–water partition coefficient (Wildman–Crippen LogP) is 1.65. The summed E-state index contributed by atoms with van der Waals surface area (Å²) in [7, 11) is 3.62. The second-order valence-electron chi connectivity index (χ2n) is 4.68. The predicted molar refractivity (Wildman–Crippen MR) is 56.8 cm³/mol. The molecular weight excluding hydrogens is 204 g/mol. The quantitative estimate of drug-likeness (QED) is 0.668. The van der Waals surface area contributed by atoms with E-state index in [9.17, 15) is 12.9 Å². The molecule has 0 radical (unpaired) electrons. The van der Waals surface area contributed by atoms with Crippen LogP contribution in [0.4, 0.5) is 12.9 Å². The first-order chi connectivity index (χ1) is 6.87. The van der Waals surface area contributed by atoms with Crippen LogP contribution >= 0.6 is 0 Å². The molecule has 0 unspecified atom stereocenters. The maximum absolute atomic E-state index is 12.1. The number of nitrogens with zero attached hydrogens (tertiary/aromatic N) is 2. The van der Waals surface area contributed by atoms with E-state index in [2.05, 4.69) is 11.9 Å². The summed E-state index contributed by atoms with van der Waals surface area (Å²) in [5.41, 5.74) is 0. The molecule has 6 heteroatoms. The number of rotatable bonds is 4. The van der Waals surface area contributed by atoms with Gasteiger partial charge in [-0.3, -0.25) is 0 Å². The average molecular weight is 223 g/mol. The standard InChI is InChI=1S/C9H19BF3N2/c1-14-5-3-9(4-6-14)7-15(2)8-10(11,12)13/h9H,3-8H2,1-2H3/q-1. The van der Waals surface area contributed by atoms with Gasteiger partial charge in [-0.1, -0.05) is 0 Å². The van der Waals surface area contributed by atoms with Crippen LogP contribution in [0.15, 0.2) is 0 Å². The molecule has 1 saturated heterocycles. The van der Waals surface area contributed by atoms with Crippen molar-refractivity contribution in [2.45, 2.75) is 12.8 Å². The lowest BCUT2D eigenvalue weighted by Crippen LogP contribution is -2.40. The lowest BCUT2D eigenvalue weighted by atomic mass is 9.90. The number of halogens is 3. The van der Waals surface area contributed by atoms with Gasteiger partial charge in [-0.25, -0.2) is 0 Å². The van der Waals surface area contributed by atoms with E-state index in [1.54, 1.807) is 7.05 Å². The Morgan fingerprint density at radius 3 is 2.27 bits per heavy atom. The van der Waals surface area contributed by atoms with Crippen LogP contribution in [0.1, 0.15) is 12.8 Å². The number of hydrogen-bond acceptors (Lipinski definition) is 2. The van der Waals surface area contributed by atoms with E-state index >= 15 is 0 Å². The van der Waals surface area contributed by atoms with Gasteiger partial charge in [0, 0.05) is 0 Å². The lowest BCUT2D eigenvalue weighted by Gasteiger charge is -2.33. The van der Waals surface area contributed by atoms with Crippen LogP contribution in [0, 0.1) is 5.92 Å². The Kier molecular flexibility index (Phi) is 4.46. The topological polar surface area (TPSA) is 6.48 Å². The number of hydrogen-bond donors (Lipinski definition) is 0. The molecule has 15 heavy (non-hydrogen) atoms. The molecule has 1 rings (SSSR count). The van der Waals surface area contributed by atoms with Crippen LogP contribution in [0.3, 0.4) is 0 Å². The fourth-order valence-electron chi connectivity index (χ4n) is 2.11. The van der Waals surface area contributed by atoms with Gasteiger partial charge in [0.05, 0.1) is 0 Å². The Bertz CT molecular complexity index is 190. The Labute approximate surface area is 89.5 Å². The van der Waals surface area contributed by atoms with Crippen LogP contribution < -0.4 is 0 Å². The Balaban J connectivity index is 2.23. The van der Waals surface area contributed by atoms with Crippen LogP contribution in [0.2, 0.25) is 0 Å². The van der Waals surface area contributed by atoms with E-state index in [0.29, 0.717) is 12.5 Å². The zero-order valence-corrected chi connectivity index (χ0v) is 9.43. The van der Waals surface area contributed by atoms with Gasteiger partial charge < -0.3 is 22.7 Å². The van der Waals surface area contributed by atoms with Crippen molar-refractivity contribution < 1.29 is 12.9 Å². The first-order valence-electron chi connectivity index (χ1n) is 5.45. The minimum Gasteiger partial charge on any atom is -0.448 e. The van der Waals surface area contributed by atoms with Gasteiger partial charge >= 0.3 is 6.98 Å². The van der Waals surface area contributed by atoms with Crippen molar-refractivity contribution in [3.8, 4) is 0 Å². The first kappa shape index (κ1) is 12.8. The summed E-state index contributed by atoms with van der Waals surface area (Å²) in [4.78, 5) is 3.64. The van der Waals surface area contributed by atoms with Crippen LogP contribution in [0.25, 0.3) is 0 Å². The molecule has 0 atom stereocenters. The molecule has 0 aromatic rings. The van der Waals surface area contributed by atoms with Gasteiger partial charge in [-0.15, -0.1) is 0 Å². The third-order valence-electron chi connectivity index (χ3n) is 2.93. The molecule has 1 fully saturated rings. The van der Waals surface area contributed by atoms with Gasteiger partial charge in [-0.05, 0) is 58.9 Å². The van der Waals surface area contributed by atoms with Gasteiger partial charge in [0.1, 0.15) is 0 Å². The minimum atomic E-state index is -4.67. The van der Waals surface area contributed by atoms with E-state index in [4.69, 9.17) is 0 Å². The van der Waals surface area contributed by atoms with Gasteiger partial charge in [0.15, 0.2) is 0 Å². The van der Waals surface area contributed by atoms with Gasteiger partial charge in [-0.2, -0.15) is 0 Å². The molecule has 1 aliphatic rings. The Morgan fingerprint density at radius 2 is 1.80 bits per heavy atom. The van der Waals surface area contributed by atoms with E-state index in [1.807, 2.05) is 0 Å². The molecule has 1 heterocycles. The summed E-state index contributed by atoms with van der Waals surface area (Å²) in [5.74, 6) is 0.435. The monoisotopic (exact) mass is 223 g/mol. The van der Waals surface area contributed by atoms with E-state index < -0.39 is 13.4 Å².